The molecule has 118 valence electrons. The second kappa shape index (κ2) is 5.75. The van der Waals surface area contributed by atoms with Crippen LogP contribution in [0.4, 0.5) is 0 Å². The molecule has 4 nitrogen and oxygen atoms in total. The van der Waals surface area contributed by atoms with Gasteiger partial charge < -0.3 is 19.6 Å². The first-order chi connectivity index (χ1) is 10.0. The van der Waals surface area contributed by atoms with E-state index in [4.69, 9.17) is 9.15 Å². The lowest BCUT2D eigenvalue weighted by Crippen LogP contribution is -2.40. The van der Waals surface area contributed by atoms with Crippen LogP contribution in [0.3, 0.4) is 0 Å². The van der Waals surface area contributed by atoms with E-state index in [0.717, 1.165) is 51.2 Å². The van der Waals surface area contributed by atoms with E-state index in [1.54, 1.807) is 0 Å². The van der Waals surface area contributed by atoms with E-state index >= 15 is 0 Å². The molecule has 2 heterocycles. The van der Waals surface area contributed by atoms with Gasteiger partial charge in [-0.05, 0) is 30.7 Å². The summed E-state index contributed by atoms with van der Waals surface area (Å²) in [5.74, 6) is 1.13. The van der Waals surface area contributed by atoms with Crippen LogP contribution < -0.4 is 5.32 Å². The van der Waals surface area contributed by atoms with Crippen LogP contribution in [0.15, 0.2) is 16.7 Å². The molecule has 0 bridgehead atoms. The maximum atomic E-state index is 9.34. The Labute approximate surface area is 126 Å². The molecule has 0 saturated carbocycles. The number of aliphatic hydroxyl groups is 1. The van der Waals surface area contributed by atoms with Gasteiger partial charge in [0.1, 0.15) is 5.76 Å². The molecule has 1 aliphatic carbocycles. The molecule has 0 amide bonds. The van der Waals surface area contributed by atoms with E-state index in [9.17, 15) is 5.11 Å². The first kappa shape index (κ1) is 15.1. The van der Waals surface area contributed by atoms with E-state index in [1.165, 1.54) is 5.56 Å². The number of furan rings is 1. The van der Waals surface area contributed by atoms with Gasteiger partial charge >= 0.3 is 0 Å². The standard InChI is InChI=1S/C17H27NO3/c1-16(2)9-14(13-3-7-21-15(13)10-16)18-11-17(4-6-19)5-8-20-12-17/h3,7,14,18-19H,4-6,8-12H2,1-2H3. The minimum absolute atomic E-state index is 0.0975. The average molecular weight is 293 g/mol. The number of rotatable bonds is 5. The van der Waals surface area contributed by atoms with Crippen molar-refractivity contribution < 1.29 is 14.3 Å². The van der Waals surface area contributed by atoms with Crippen molar-refractivity contribution in [3.63, 3.8) is 0 Å². The fourth-order valence-corrected chi connectivity index (χ4v) is 3.81. The van der Waals surface area contributed by atoms with Crippen molar-refractivity contribution >= 4 is 0 Å². The number of hydrogen-bond donors (Lipinski definition) is 2. The molecular formula is C17H27NO3. The van der Waals surface area contributed by atoms with Gasteiger partial charge in [-0.15, -0.1) is 0 Å². The van der Waals surface area contributed by atoms with Crippen molar-refractivity contribution in [3.05, 3.63) is 23.7 Å². The lowest BCUT2D eigenvalue weighted by molar-refractivity contribution is 0.117. The maximum Gasteiger partial charge on any atom is 0.109 e. The highest BCUT2D eigenvalue weighted by atomic mass is 16.5. The molecule has 2 N–H and O–H groups in total. The summed E-state index contributed by atoms with van der Waals surface area (Å²) in [7, 11) is 0. The van der Waals surface area contributed by atoms with Crippen LogP contribution in [0, 0.1) is 10.8 Å². The van der Waals surface area contributed by atoms with Crippen molar-refractivity contribution in [1.29, 1.82) is 0 Å². The van der Waals surface area contributed by atoms with Crippen molar-refractivity contribution in [2.24, 2.45) is 10.8 Å². The first-order valence-corrected chi connectivity index (χ1v) is 8.02. The van der Waals surface area contributed by atoms with Crippen LogP contribution in [-0.4, -0.2) is 31.5 Å². The molecule has 0 radical (unpaired) electrons. The molecule has 21 heavy (non-hydrogen) atoms. The molecule has 1 aliphatic heterocycles. The van der Waals surface area contributed by atoms with Gasteiger partial charge in [-0.1, -0.05) is 13.8 Å². The van der Waals surface area contributed by atoms with Crippen molar-refractivity contribution in [3.8, 4) is 0 Å². The van der Waals surface area contributed by atoms with Gasteiger partial charge in [0, 0.05) is 43.2 Å². The quantitative estimate of drug-likeness (QED) is 0.876. The Morgan fingerprint density at radius 1 is 1.43 bits per heavy atom. The van der Waals surface area contributed by atoms with Gasteiger partial charge in [0.25, 0.3) is 0 Å². The zero-order chi connectivity index (χ0) is 14.9. The molecule has 1 aromatic heterocycles. The molecule has 1 aromatic rings. The topological polar surface area (TPSA) is 54.6 Å². The summed E-state index contributed by atoms with van der Waals surface area (Å²) in [4.78, 5) is 0. The third-order valence-electron chi connectivity index (χ3n) is 5.10. The fraction of sp³-hybridized carbons (Fsp3) is 0.765. The Morgan fingerprint density at radius 2 is 2.29 bits per heavy atom. The highest BCUT2D eigenvalue weighted by Gasteiger charge is 2.38. The summed E-state index contributed by atoms with van der Waals surface area (Å²) < 4.78 is 11.2. The number of nitrogens with one attached hydrogen (secondary N) is 1. The smallest absolute Gasteiger partial charge is 0.109 e. The number of ether oxygens (including phenoxy) is 1. The molecule has 2 unspecified atom stereocenters. The maximum absolute atomic E-state index is 9.34. The second-order valence-corrected chi connectivity index (χ2v) is 7.55. The van der Waals surface area contributed by atoms with Gasteiger partial charge in [-0.3, -0.25) is 0 Å². The highest BCUT2D eigenvalue weighted by Crippen LogP contribution is 2.42. The summed E-state index contributed by atoms with van der Waals surface area (Å²) >= 11 is 0. The second-order valence-electron chi connectivity index (χ2n) is 7.55. The highest BCUT2D eigenvalue weighted by molar-refractivity contribution is 5.26. The van der Waals surface area contributed by atoms with Crippen LogP contribution in [0.25, 0.3) is 0 Å². The summed E-state index contributed by atoms with van der Waals surface area (Å²) in [6.07, 6.45) is 5.79. The fourth-order valence-electron chi connectivity index (χ4n) is 3.81. The number of hydrogen-bond acceptors (Lipinski definition) is 4. The van der Waals surface area contributed by atoms with E-state index in [1.807, 2.05) is 6.26 Å². The van der Waals surface area contributed by atoms with E-state index in [2.05, 4.69) is 25.2 Å². The Morgan fingerprint density at radius 3 is 3.00 bits per heavy atom. The molecule has 0 spiro atoms. The van der Waals surface area contributed by atoms with Gasteiger partial charge in [0.15, 0.2) is 0 Å². The number of fused-ring (bicyclic) bond motifs is 1. The van der Waals surface area contributed by atoms with Gasteiger partial charge in [-0.25, -0.2) is 0 Å². The largest absolute Gasteiger partial charge is 0.469 e. The van der Waals surface area contributed by atoms with E-state index < -0.39 is 0 Å². The molecule has 3 rings (SSSR count). The minimum Gasteiger partial charge on any atom is -0.469 e. The third kappa shape index (κ3) is 3.17. The Hall–Kier alpha value is -0.840. The zero-order valence-corrected chi connectivity index (χ0v) is 13.2. The minimum atomic E-state index is 0.0975. The lowest BCUT2D eigenvalue weighted by Gasteiger charge is -2.37. The predicted octanol–water partition coefficient (Wildman–Crippen LogP) is 2.67. The Bertz CT molecular complexity index is 474. The SMILES string of the molecule is CC1(C)Cc2occc2C(NCC2(CCO)CCOC2)C1. The van der Waals surface area contributed by atoms with Crippen molar-refractivity contribution in [2.45, 2.75) is 45.6 Å². The molecule has 2 aliphatic rings. The summed E-state index contributed by atoms with van der Waals surface area (Å²) in [6.45, 7) is 7.31. The van der Waals surface area contributed by atoms with Crippen LogP contribution in [0.2, 0.25) is 0 Å². The Balaban J connectivity index is 1.70. The first-order valence-electron chi connectivity index (χ1n) is 8.02. The lowest BCUT2D eigenvalue weighted by atomic mass is 9.74. The normalized spacial score (nSPS) is 31.3. The third-order valence-corrected chi connectivity index (χ3v) is 5.10. The van der Waals surface area contributed by atoms with Crippen molar-refractivity contribution in [1.82, 2.24) is 5.32 Å². The monoisotopic (exact) mass is 293 g/mol. The zero-order valence-electron chi connectivity index (χ0n) is 13.2. The molecular weight excluding hydrogens is 266 g/mol. The summed E-state index contributed by atoms with van der Waals surface area (Å²) in [5.41, 5.74) is 1.67. The summed E-state index contributed by atoms with van der Waals surface area (Å²) in [5, 5.41) is 13.1. The van der Waals surface area contributed by atoms with Crippen LogP contribution >= 0.6 is 0 Å². The van der Waals surface area contributed by atoms with Gasteiger partial charge in [0.2, 0.25) is 0 Å². The van der Waals surface area contributed by atoms with Crippen molar-refractivity contribution in [2.75, 3.05) is 26.4 Å². The van der Waals surface area contributed by atoms with Crippen LogP contribution in [0.1, 0.15) is 50.5 Å². The number of aliphatic hydroxyl groups excluding tert-OH is 1. The predicted molar refractivity (Wildman–Crippen MR) is 81.1 cm³/mol. The molecule has 4 heteroatoms. The Kier molecular flexibility index (Phi) is 4.12. The van der Waals surface area contributed by atoms with Gasteiger partial charge in [-0.2, -0.15) is 0 Å². The molecule has 2 atom stereocenters. The average Bonchev–Trinajstić information content (AvgIpc) is 3.05. The van der Waals surface area contributed by atoms with Gasteiger partial charge in [0.05, 0.1) is 12.9 Å². The molecule has 0 aromatic carbocycles. The van der Waals surface area contributed by atoms with E-state index in [-0.39, 0.29) is 17.4 Å². The van der Waals surface area contributed by atoms with Crippen LogP contribution in [0.5, 0.6) is 0 Å². The van der Waals surface area contributed by atoms with Crippen LogP contribution in [-0.2, 0) is 11.2 Å². The molecule has 1 saturated heterocycles. The summed E-state index contributed by atoms with van der Waals surface area (Å²) in [6, 6.07) is 2.45. The molecule has 1 fully saturated rings. The van der Waals surface area contributed by atoms with E-state index in [0.29, 0.717) is 6.04 Å².